The lowest BCUT2D eigenvalue weighted by Gasteiger charge is -2.23. The smallest absolute Gasteiger partial charge is 0.339 e. The van der Waals surface area contributed by atoms with Crippen LogP contribution in [0.2, 0.25) is 0 Å². The third kappa shape index (κ3) is 5.02. The molecular weight excluding hydrogens is 442 g/mol. The van der Waals surface area contributed by atoms with Crippen molar-refractivity contribution >= 4 is 27.0 Å². The minimum Gasteiger partial charge on any atom is -0.425 e. The number of benzene rings is 2. The van der Waals surface area contributed by atoms with Crippen molar-refractivity contribution in [3.63, 3.8) is 0 Å². The molecule has 7 nitrogen and oxygen atoms in total. The molecule has 0 saturated carbocycles. The van der Waals surface area contributed by atoms with E-state index in [1.54, 1.807) is 45.0 Å². The minimum atomic E-state index is -3.94. The molecule has 176 valence electrons. The molecule has 0 radical (unpaired) electrons. The number of carbonyl (C=O) groups excluding carboxylic acids is 1. The summed E-state index contributed by atoms with van der Waals surface area (Å²) in [5.74, 6) is -0.836. The maximum Gasteiger partial charge on any atom is 0.339 e. The van der Waals surface area contributed by atoms with E-state index in [1.165, 1.54) is 12.1 Å². The van der Waals surface area contributed by atoms with Gasteiger partial charge in [-0.25, -0.2) is 18.0 Å². The van der Waals surface area contributed by atoms with Crippen molar-refractivity contribution in [1.29, 1.82) is 0 Å². The van der Waals surface area contributed by atoms with Gasteiger partial charge in [0.2, 0.25) is 10.0 Å². The van der Waals surface area contributed by atoms with Crippen LogP contribution < -0.4 is 15.1 Å². The molecule has 33 heavy (non-hydrogen) atoms. The molecule has 0 fully saturated rings. The molecule has 1 heterocycles. The normalized spacial score (nSPS) is 13.6. The van der Waals surface area contributed by atoms with E-state index in [1.807, 2.05) is 20.8 Å². The summed E-state index contributed by atoms with van der Waals surface area (Å²) in [5, 5.41) is 0.753. The summed E-state index contributed by atoms with van der Waals surface area (Å²) < 4.78 is 39.4. The Morgan fingerprint density at radius 2 is 1.64 bits per heavy atom. The van der Waals surface area contributed by atoms with Crippen LogP contribution in [0.1, 0.15) is 42.5 Å². The third-order valence-electron chi connectivity index (χ3n) is 6.11. The van der Waals surface area contributed by atoms with E-state index in [9.17, 15) is 18.0 Å². The fraction of sp³-hybridized carbons (Fsp3) is 0.360. The Kier molecular flexibility index (Phi) is 7.09. The molecule has 1 N–H and O–H groups in total. The quantitative estimate of drug-likeness (QED) is 0.313. The van der Waals surface area contributed by atoms with Gasteiger partial charge in [0, 0.05) is 16.5 Å². The van der Waals surface area contributed by atoms with E-state index >= 15 is 0 Å². The van der Waals surface area contributed by atoms with Crippen LogP contribution in [0, 0.1) is 33.6 Å². The Morgan fingerprint density at radius 3 is 2.24 bits per heavy atom. The standard InChI is InChI=1S/C25H29NO6S/c1-7-15(3)22(26-33(29,30)19-10-8-14(2)9-11-19)25(28)31-21-13-12-20-16(4)17(5)24(27)32-23(20)18(21)6/h8-13,15,22,26H,7H2,1-6H3/t15-,22-/m1/s1. The Morgan fingerprint density at radius 1 is 1.00 bits per heavy atom. The lowest BCUT2D eigenvalue weighted by molar-refractivity contribution is -0.137. The van der Waals surface area contributed by atoms with Crippen molar-refractivity contribution in [2.45, 2.75) is 58.9 Å². The highest BCUT2D eigenvalue weighted by Crippen LogP contribution is 2.30. The van der Waals surface area contributed by atoms with Crippen LogP contribution in [0.5, 0.6) is 5.75 Å². The lowest BCUT2D eigenvalue weighted by atomic mass is 10.0. The first-order chi connectivity index (χ1) is 15.5. The van der Waals surface area contributed by atoms with Gasteiger partial charge in [0.05, 0.1) is 4.90 Å². The molecule has 0 unspecified atom stereocenters. The number of ether oxygens (including phenoxy) is 1. The number of esters is 1. The maximum absolute atomic E-state index is 13.1. The van der Waals surface area contributed by atoms with E-state index in [2.05, 4.69) is 4.72 Å². The van der Waals surface area contributed by atoms with Gasteiger partial charge in [-0.2, -0.15) is 4.72 Å². The number of fused-ring (bicyclic) bond motifs is 1. The Hall–Kier alpha value is -2.97. The fourth-order valence-electron chi connectivity index (χ4n) is 3.49. The third-order valence-corrected chi connectivity index (χ3v) is 7.57. The number of hydrogen-bond acceptors (Lipinski definition) is 6. The van der Waals surface area contributed by atoms with Crippen LogP contribution in [0.4, 0.5) is 0 Å². The molecule has 0 aliphatic carbocycles. The number of sulfonamides is 1. The second kappa shape index (κ2) is 9.49. The van der Waals surface area contributed by atoms with E-state index in [-0.39, 0.29) is 16.6 Å². The lowest BCUT2D eigenvalue weighted by Crippen LogP contribution is -2.47. The van der Waals surface area contributed by atoms with Crippen LogP contribution in [-0.4, -0.2) is 20.4 Å². The van der Waals surface area contributed by atoms with Gasteiger partial charge in [-0.1, -0.05) is 38.0 Å². The number of hydrogen-bond donors (Lipinski definition) is 1. The zero-order chi connectivity index (χ0) is 24.5. The minimum absolute atomic E-state index is 0.0729. The molecule has 2 aromatic carbocycles. The molecule has 0 amide bonds. The fourth-order valence-corrected chi connectivity index (χ4v) is 4.79. The summed E-state index contributed by atoms with van der Waals surface area (Å²) >= 11 is 0. The van der Waals surface area contributed by atoms with Crippen LogP contribution in [-0.2, 0) is 14.8 Å². The Labute approximate surface area is 193 Å². The summed E-state index contributed by atoms with van der Waals surface area (Å²) in [7, 11) is -3.94. The molecule has 0 bridgehead atoms. The summed E-state index contributed by atoms with van der Waals surface area (Å²) in [6.07, 6.45) is 0.556. The summed E-state index contributed by atoms with van der Waals surface area (Å²) in [6.45, 7) is 10.7. The average molecular weight is 472 g/mol. The molecule has 3 aromatic rings. The molecule has 1 aromatic heterocycles. The predicted molar refractivity (Wildman–Crippen MR) is 127 cm³/mol. The highest BCUT2D eigenvalue weighted by Gasteiger charge is 2.32. The summed E-state index contributed by atoms with van der Waals surface area (Å²) in [6, 6.07) is 8.65. The zero-order valence-electron chi connectivity index (χ0n) is 19.7. The van der Waals surface area contributed by atoms with Gasteiger partial charge in [-0.3, -0.25) is 0 Å². The highest BCUT2D eigenvalue weighted by atomic mass is 32.2. The Bertz CT molecular complexity index is 1360. The van der Waals surface area contributed by atoms with Crippen molar-refractivity contribution in [2.24, 2.45) is 5.92 Å². The van der Waals surface area contributed by atoms with Gasteiger partial charge >= 0.3 is 11.6 Å². The molecule has 0 saturated heterocycles. The summed E-state index contributed by atoms with van der Waals surface area (Å²) in [5.41, 5.74) is 2.63. The van der Waals surface area contributed by atoms with E-state index in [0.29, 0.717) is 23.1 Å². The molecule has 8 heteroatoms. The maximum atomic E-state index is 13.1. The molecular formula is C25H29NO6S. The second-order valence-electron chi connectivity index (χ2n) is 8.42. The van der Waals surface area contributed by atoms with Gasteiger partial charge in [0.25, 0.3) is 0 Å². The molecule has 0 spiro atoms. The number of nitrogens with one attached hydrogen (secondary N) is 1. The van der Waals surface area contributed by atoms with E-state index in [0.717, 1.165) is 16.5 Å². The molecule has 0 aliphatic heterocycles. The van der Waals surface area contributed by atoms with Crippen LogP contribution in [0.15, 0.2) is 50.5 Å². The monoisotopic (exact) mass is 471 g/mol. The van der Waals surface area contributed by atoms with E-state index in [4.69, 9.17) is 9.15 Å². The van der Waals surface area contributed by atoms with Gasteiger partial charge in [-0.15, -0.1) is 0 Å². The van der Waals surface area contributed by atoms with Gasteiger partial charge in [-0.05, 0) is 63.4 Å². The first-order valence-corrected chi connectivity index (χ1v) is 12.3. The zero-order valence-corrected chi connectivity index (χ0v) is 20.5. The van der Waals surface area contributed by atoms with Gasteiger partial charge in [0.15, 0.2) is 0 Å². The van der Waals surface area contributed by atoms with Crippen LogP contribution in [0.25, 0.3) is 11.0 Å². The largest absolute Gasteiger partial charge is 0.425 e. The van der Waals surface area contributed by atoms with Gasteiger partial charge < -0.3 is 9.15 Å². The van der Waals surface area contributed by atoms with Crippen molar-refractivity contribution in [3.8, 4) is 5.75 Å². The van der Waals surface area contributed by atoms with Crippen molar-refractivity contribution in [2.75, 3.05) is 0 Å². The number of rotatable bonds is 7. The molecule has 2 atom stereocenters. The highest BCUT2D eigenvalue weighted by molar-refractivity contribution is 7.89. The average Bonchev–Trinajstić information content (AvgIpc) is 2.78. The first kappa shape index (κ1) is 24.7. The van der Waals surface area contributed by atoms with Crippen LogP contribution >= 0.6 is 0 Å². The van der Waals surface area contributed by atoms with E-state index < -0.39 is 27.7 Å². The first-order valence-electron chi connectivity index (χ1n) is 10.8. The molecule has 0 aliphatic rings. The second-order valence-corrected chi connectivity index (χ2v) is 10.1. The SMILES string of the molecule is CC[C@@H](C)[C@@H](NS(=O)(=O)c1ccc(C)cc1)C(=O)Oc1ccc2c(C)c(C)c(=O)oc2c1C. The van der Waals surface area contributed by atoms with Crippen molar-refractivity contribution in [1.82, 2.24) is 4.72 Å². The Balaban J connectivity index is 1.94. The number of carbonyl (C=O) groups is 1. The predicted octanol–water partition coefficient (Wildman–Crippen LogP) is 4.33. The number of aryl methyl sites for hydroxylation is 3. The van der Waals surface area contributed by atoms with Crippen molar-refractivity contribution in [3.05, 3.63) is 69.1 Å². The van der Waals surface area contributed by atoms with Crippen molar-refractivity contribution < 1.29 is 22.4 Å². The topological polar surface area (TPSA) is 103 Å². The summed E-state index contributed by atoms with van der Waals surface area (Å²) in [4.78, 5) is 25.3. The van der Waals surface area contributed by atoms with Crippen LogP contribution in [0.3, 0.4) is 0 Å². The van der Waals surface area contributed by atoms with Gasteiger partial charge in [0.1, 0.15) is 17.4 Å². The molecule has 3 rings (SSSR count).